The maximum absolute atomic E-state index is 12.9. The van der Waals surface area contributed by atoms with E-state index in [1.54, 1.807) is 65.6 Å². The average Bonchev–Trinajstić information content (AvgIpc) is 3.41. The minimum Gasteiger partial charge on any atom is -0.340 e. The van der Waals surface area contributed by atoms with E-state index in [-0.39, 0.29) is 4.90 Å². The molecule has 2 aromatic heterocycles. The summed E-state index contributed by atoms with van der Waals surface area (Å²) in [6, 6.07) is 25.4. The number of hydrogen-bond acceptors (Lipinski definition) is 6. The molecule has 0 spiro atoms. The zero-order valence-electron chi connectivity index (χ0n) is 18.8. The second-order valence-electron chi connectivity index (χ2n) is 7.83. The van der Waals surface area contributed by atoms with Crippen molar-refractivity contribution in [1.29, 1.82) is 0 Å². The van der Waals surface area contributed by atoms with Crippen LogP contribution in [-0.4, -0.2) is 27.9 Å². The number of rotatable bonds is 7. The summed E-state index contributed by atoms with van der Waals surface area (Å²) in [4.78, 5) is 13.1. The molecule has 0 unspecified atom stereocenters. The van der Waals surface area contributed by atoms with E-state index in [0.29, 0.717) is 23.1 Å². The lowest BCUT2D eigenvalue weighted by Gasteiger charge is -2.11. The monoisotopic (exact) mass is 482 g/mol. The molecule has 0 aliphatic rings. The van der Waals surface area contributed by atoms with Gasteiger partial charge in [0.1, 0.15) is 23.8 Å². The normalized spacial score (nSPS) is 11.2. The van der Waals surface area contributed by atoms with E-state index < -0.39 is 10.0 Å². The van der Waals surface area contributed by atoms with Crippen LogP contribution in [0.2, 0.25) is 0 Å². The molecule has 2 N–H and O–H groups in total. The van der Waals surface area contributed by atoms with E-state index in [2.05, 4.69) is 25.0 Å². The molecule has 0 radical (unpaired) electrons. The molecule has 9 heteroatoms. The predicted molar refractivity (Wildman–Crippen MR) is 136 cm³/mol. The highest BCUT2D eigenvalue weighted by molar-refractivity contribution is 7.92. The van der Waals surface area contributed by atoms with Crippen molar-refractivity contribution in [1.82, 2.24) is 19.5 Å². The van der Waals surface area contributed by atoms with Crippen molar-refractivity contribution >= 4 is 27.2 Å². The zero-order valence-corrected chi connectivity index (χ0v) is 19.6. The Morgan fingerprint density at radius 2 is 1.49 bits per heavy atom. The summed E-state index contributed by atoms with van der Waals surface area (Å²) in [5.74, 6) is 1.93. The molecule has 0 atom stereocenters. The van der Waals surface area contributed by atoms with Crippen molar-refractivity contribution in [3.8, 4) is 16.9 Å². The minimum atomic E-state index is -3.72. The number of hydrogen-bond donors (Lipinski definition) is 2. The van der Waals surface area contributed by atoms with Crippen LogP contribution in [0.15, 0.2) is 109 Å². The lowest BCUT2D eigenvalue weighted by molar-refractivity contribution is 0.601. The van der Waals surface area contributed by atoms with Gasteiger partial charge >= 0.3 is 0 Å². The van der Waals surface area contributed by atoms with Gasteiger partial charge in [-0.1, -0.05) is 42.5 Å². The first-order valence-electron chi connectivity index (χ1n) is 10.9. The molecular weight excluding hydrogens is 460 g/mol. The van der Waals surface area contributed by atoms with Gasteiger partial charge in [0.25, 0.3) is 10.0 Å². The van der Waals surface area contributed by atoms with Gasteiger partial charge in [0, 0.05) is 29.8 Å². The Kier molecular flexibility index (Phi) is 5.99. The summed E-state index contributed by atoms with van der Waals surface area (Å²) in [5.41, 5.74) is 3.20. The largest absolute Gasteiger partial charge is 0.340 e. The standard InChI is InChI=1S/C26H22N6O2S/c1-19-28-25(17-26(29-19)32-16-15-27-18-32)30-22-9-11-23(12-10-22)31-35(33,34)24-13-7-21(8-14-24)20-5-3-2-4-6-20/h2-18,31H,1H3,(H,28,29,30). The molecule has 5 aromatic rings. The number of benzene rings is 3. The Balaban J connectivity index is 1.29. The van der Waals surface area contributed by atoms with E-state index in [0.717, 1.165) is 16.8 Å². The second kappa shape index (κ2) is 9.40. The van der Waals surface area contributed by atoms with Gasteiger partial charge in [-0.15, -0.1) is 0 Å². The van der Waals surface area contributed by atoms with Gasteiger partial charge in [0.15, 0.2) is 0 Å². The molecule has 0 fully saturated rings. The SMILES string of the molecule is Cc1nc(Nc2ccc(NS(=O)(=O)c3ccc(-c4ccccc4)cc3)cc2)cc(-n2ccnc2)n1. The van der Waals surface area contributed by atoms with Crippen molar-refractivity contribution in [2.75, 3.05) is 10.0 Å². The van der Waals surface area contributed by atoms with Crippen molar-refractivity contribution in [2.45, 2.75) is 11.8 Å². The molecule has 0 amide bonds. The first-order chi connectivity index (χ1) is 17.0. The Morgan fingerprint density at radius 1 is 0.800 bits per heavy atom. The quantitative estimate of drug-likeness (QED) is 0.331. The lowest BCUT2D eigenvalue weighted by Crippen LogP contribution is -2.12. The number of nitrogens with one attached hydrogen (secondary N) is 2. The molecule has 0 saturated heterocycles. The number of aryl methyl sites for hydroxylation is 1. The van der Waals surface area contributed by atoms with E-state index in [1.807, 2.05) is 49.5 Å². The topological polar surface area (TPSA) is 102 Å². The average molecular weight is 483 g/mol. The van der Waals surface area contributed by atoms with Crippen LogP contribution in [0, 0.1) is 6.92 Å². The Morgan fingerprint density at radius 3 is 2.17 bits per heavy atom. The molecule has 8 nitrogen and oxygen atoms in total. The fourth-order valence-corrected chi connectivity index (χ4v) is 4.64. The molecule has 174 valence electrons. The van der Waals surface area contributed by atoms with E-state index >= 15 is 0 Å². The molecule has 0 saturated carbocycles. The molecule has 0 aliphatic heterocycles. The first kappa shape index (κ1) is 22.3. The van der Waals surface area contributed by atoms with Gasteiger partial charge in [-0.3, -0.25) is 9.29 Å². The predicted octanol–water partition coefficient (Wildman–Crippen LogP) is 5.18. The molecule has 0 bridgehead atoms. The van der Waals surface area contributed by atoms with E-state index in [4.69, 9.17) is 0 Å². The van der Waals surface area contributed by atoms with Crippen LogP contribution in [-0.2, 0) is 10.0 Å². The molecule has 35 heavy (non-hydrogen) atoms. The number of anilines is 3. The van der Waals surface area contributed by atoms with Crippen molar-refractivity contribution in [2.24, 2.45) is 0 Å². The molecule has 2 heterocycles. The van der Waals surface area contributed by atoms with Gasteiger partial charge in [0.2, 0.25) is 0 Å². The highest BCUT2D eigenvalue weighted by Gasteiger charge is 2.14. The third-order valence-electron chi connectivity index (χ3n) is 5.27. The Hall–Kier alpha value is -4.50. The third-order valence-corrected chi connectivity index (χ3v) is 6.67. The minimum absolute atomic E-state index is 0.197. The van der Waals surface area contributed by atoms with Gasteiger partial charge in [-0.2, -0.15) is 0 Å². The van der Waals surface area contributed by atoms with Crippen LogP contribution in [0.1, 0.15) is 5.82 Å². The molecule has 5 rings (SSSR count). The summed E-state index contributed by atoms with van der Waals surface area (Å²) in [6.45, 7) is 1.82. The summed E-state index contributed by atoms with van der Waals surface area (Å²) < 4.78 is 30.1. The maximum atomic E-state index is 12.9. The third kappa shape index (κ3) is 5.20. The summed E-state index contributed by atoms with van der Waals surface area (Å²) >= 11 is 0. The fourth-order valence-electron chi connectivity index (χ4n) is 3.58. The van der Waals surface area contributed by atoms with Crippen molar-refractivity contribution in [3.63, 3.8) is 0 Å². The smallest absolute Gasteiger partial charge is 0.261 e. The first-order valence-corrected chi connectivity index (χ1v) is 12.3. The Labute approximate surface area is 203 Å². The van der Waals surface area contributed by atoms with Gasteiger partial charge < -0.3 is 5.32 Å². The summed E-state index contributed by atoms with van der Waals surface area (Å²) in [6.07, 6.45) is 5.16. The van der Waals surface area contributed by atoms with Crippen molar-refractivity contribution in [3.05, 3.63) is 109 Å². The Bertz CT molecular complexity index is 1530. The highest BCUT2D eigenvalue weighted by atomic mass is 32.2. The number of aromatic nitrogens is 4. The van der Waals surface area contributed by atoms with Crippen molar-refractivity contribution < 1.29 is 8.42 Å². The summed E-state index contributed by atoms with van der Waals surface area (Å²) in [5, 5.41) is 3.23. The molecular formula is C26H22N6O2S. The van der Waals surface area contributed by atoms with Crippen LogP contribution in [0.5, 0.6) is 0 Å². The zero-order chi connectivity index (χ0) is 24.3. The molecule has 3 aromatic carbocycles. The highest BCUT2D eigenvalue weighted by Crippen LogP contribution is 2.24. The number of nitrogens with zero attached hydrogens (tertiary/aromatic N) is 4. The number of imidazole rings is 1. The van der Waals surface area contributed by atoms with Gasteiger partial charge in [-0.25, -0.2) is 23.4 Å². The van der Waals surface area contributed by atoms with Crippen LogP contribution in [0.4, 0.5) is 17.2 Å². The van der Waals surface area contributed by atoms with Gasteiger partial charge in [0.05, 0.1) is 4.90 Å². The second-order valence-corrected chi connectivity index (χ2v) is 9.51. The summed E-state index contributed by atoms with van der Waals surface area (Å²) in [7, 11) is -3.72. The van der Waals surface area contributed by atoms with Crippen LogP contribution < -0.4 is 10.0 Å². The lowest BCUT2D eigenvalue weighted by atomic mass is 10.1. The van der Waals surface area contributed by atoms with Crippen LogP contribution >= 0.6 is 0 Å². The van der Waals surface area contributed by atoms with Gasteiger partial charge in [-0.05, 0) is 54.4 Å². The maximum Gasteiger partial charge on any atom is 0.261 e. The molecule has 0 aliphatic carbocycles. The van der Waals surface area contributed by atoms with E-state index in [9.17, 15) is 8.42 Å². The number of sulfonamides is 1. The van der Waals surface area contributed by atoms with Crippen LogP contribution in [0.3, 0.4) is 0 Å². The fraction of sp³-hybridized carbons (Fsp3) is 0.0385. The van der Waals surface area contributed by atoms with Crippen LogP contribution in [0.25, 0.3) is 16.9 Å². The van der Waals surface area contributed by atoms with E-state index in [1.165, 1.54) is 0 Å².